The monoisotopic (exact) mass is 235 g/mol. The fourth-order valence-electron chi connectivity index (χ4n) is 1.75. The highest BCUT2D eigenvalue weighted by molar-refractivity contribution is 5.92. The van der Waals surface area contributed by atoms with Crippen LogP contribution in [0.2, 0.25) is 0 Å². The summed E-state index contributed by atoms with van der Waals surface area (Å²) in [5.41, 5.74) is 0.664. The Morgan fingerprint density at radius 2 is 2.29 bits per heavy atom. The molecule has 90 valence electrons. The molecule has 0 aliphatic carbocycles. The van der Waals surface area contributed by atoms with E-state index in [4.69, 9.17) is 5.11 Å². The average molecular weight is 235 g/mol. The molecule has 1 aromatic rings. The Labute approximate surface area is 99.2 Å². The summed E-state index contributed by atoms with van der Waals surface area (Å²) in [5, 5.41) is 8.83. The van der Waals surface area contributed by atoms with Crippen LogP contribution in [-0.4, -0.2) is 35.6 Å². The smallest absolute Gasteiger partial charge is 0.246 e. The summed E-state index contributed by atoms with van der Waals surface area (Å²) in [6.07, 6.45) is 3.03. The standard InChI is InChI=1S/C13H14FNO2/c14-12-3-1-2-10(6-12)4-5-13(17)15-7-11(8-15)9-16/h1-6,11,16H,7-9H2. The fraction of sp³-hybridized carbons (Fsp3) is 0.308. The third-order valence-electron chi connectivity index (χ3n) is 2.79. The van der Waals surface area contributed by atoms with Crippen LogP contribution in [0, 0.1) is 11.7 Å². The molecule has 0 saturated carbocycles. The van der Waals surface area contributed by atoms with E-state index in [1.54, 1.807) is 23.1 Å². The van der Waals surface area contributed by atoms with Crippen LogP contribution in [0.4, 0.5) is 4.39 Å². The van der Waals surface area contributed by atoms with Crippen molar-refractivity contribution in [3.63, 3.8) is 0 Å². The predicted molar refractivity (Wildman–Crippen MR) is 62.6 cm³/mol. The number of benzene rings is 1. The first-order valence-corrected chi connectivity index (χ1v) is 5.52. The van der Waals surface area contributed by atoms with Gasteiger partial charge in [-0.15, -0.1) is 0 Å². The number of rotatable bonds is 3. The first-order chi connectivity index (χ1) is 8.19. The molecule has 0 atom stereocenters. The number of carbonyl (C=O) groups excluding carboxylic acids is 1. The van der Waals surface area contributed by atoms with Gasteiger partial charge in [0.25, 0.3) is 0 Å². The summed E-state index contributed by atoms with van der Waals surface area (Å²) < 4.78 is 12.9. The maximum absolute atomic E-state index is 12.9. The first kappa shape index (κ1) is 11.8. The molecular weight excluding hydrogens is 221 g/mol. The van der Waals surface area contributed by atoms with Crippen molar-refractivity contribution in [3.05, 3.63) is 41.7 Å². The van der Waals surface area contributed by atoms with Gasteiger partial charge in [-0.3, -0.25) is 4.79 Å². The molecule has 0 aromatic heterocycles. The molecule has 17 heavy (non-hydrogen) atoms. The zero-order valence-corrected chi connectivity index (χ0v) is 9.34. The van der Waals surface area contributed by atoms with Crippen LogP contribution < -0.4 is 0 Å². The van der Waals surface area contributed by atoms with Gasteiger partial charge in [0.2, 0.25) is 5.91 Å². The number of carbonyl (C=O) groups is 1. The van der Waals surface area contributed by atoms with Gasteiger partial charge in [0.15, 0.2) is 0 Å². The number of halogens is 1. The lowest BCUT2D eigenvalue weighted by atomic mass is 10.0. The second-order valence-electron chi connectivity index (χ2n) is 4.18. The van der Waals surface area contributed by atoms with Crippen LogP contribution in [0.3, 0.4) is 0 Å². The highest BCUT2D eigenvalue weighted by atomic mass is 19.1. The largest absolute Gasteiger partial charge is 0.396 e. The molecule has 0 unspecified atom stereocenters. The molecule has 1 N–H and O–H groups in total. The third-order valence-corrected chi connectivity index (χ3v) is 2.79. The van der Waals surface area contributed by atoms with Crippen molar-refractivity contribution < 1.29 is 14.3 Å². The van der Waals surface area contributed by atoms with E-state index in [0.717, 1.165) is 0 Å². The maximum Gasteiger partial charge on any atom is 0.246 e. The van der Waals surface area contributed by atoms with Gasteiger partial charge in [-0.05, 0) is 23.8 Å². The number of amides is 1. The van der Waals surface area contributed by atoms with Crippen LogP contribution in [-0.2, 0) is 4.79 Å². The summed E-state index contributed by atoms with van der Waals surface area (Å²) >= 11 is 0. The minimum atomic E-state index is -0.316. The minimum Gasteiger partial charge on any atom is -0.396 e. The third kappa shape index (κ3) is 2.91. The maximum atomic E-state index is 12.9. The van der Waals surface area contributed by atoms with Gasteiger partial charge in [-0.25, -0.2) is 4.39 Å². The highest BCUT2D eigenvalue weighted by Crippen LogP contribution is 2.15. The van der Waals surface area contributed by atoms with Crippen molar-refractivity contribution in [2.45, 2.75) is 0 Å². The van der Waals surface area contributed by atoms with Gasteiger partial charge >= 0.3 is 0 Å². The SMILES string of the molecule is O=C(C=Cc1cccc(F)c1)N1CC(CO)C1. The Kier molecular flexibility index (Phi) is 3.54. The number of hydrogen-bond donors (Lipinski definition) is 1. The molecule has 1 saturated heterocycles. The number of hydrogen-bond acceptors (Lipinski definition) is 2. The Morgan fingerprint density at radius 1 is 1.53 bits per heavy atom. The molecule has 1 aliphatic heterocycles. The van der Waals surface area contributed by atoms with Crippen molar-refractivity contribution in [1.82, 2.24) is 4.90 Å². The molecule has 3 nitrogen and oxygen atoms in total. The number of likely N-dealkylation sites (tertiary alicyclic amines) is 1. The lowest BCUT2D eigenvalue weighted by Gasteiger charge is -2.37. The molecule has 0 bridgehead atoms. The van der Waals surface area contributed by atoms with Crippen LogP contribution in [0.25, 0.3) is 6.08 Å². The summed E-state index contributed by atoms with van der Waals surface area (Å²) in [7, 11) is 0. The van der Waals surface area contributed by atoms with Gasteiger partial charge in [-0.2, -0.15) is 0 Å². The normalized spacial score (nSPS) is 16.2. The van der Waals surface area contributed by atoms with Crippen molar-refractivity contribution in [3.8, 4) is 0 Å². The van der Waals surface area contributed by atoms with E-state index in [-0.39, 0.29) is 24.2 Å². The van der Waals surface area contributed by atoms with Gasteiger partial charge < -0.3 is 10.0 Å². The molecule has 1 aromatic carbocycles. The summed E-state index contributed by atoms with van der Waals surface area (Å²) in [4.78, 5) is 13.3. The molecule has 1 fully saturated rings. The highest BCUT2D eigenvalue weighted by Gasteiger charge is 2.28. The van der Waals surface area contributed by atoms with Crippen molar-refractivity contribution >= 4 is 12.0 Å². The minimum absolute atomic E-state index is 0.0982. The fourth-order valence-corrected chi connectivity index (χ4v) is 1.75. The van der Waals surface area contributed by atoms with Crippen molar-refractivity contribution in [1.29, 1.82) is 0 Å². The second-order valence-corrected chi connectivity index (χ2v) is 4.18. The Morgan fingerprint density at radius 3 is 2.94 bits per heavy atom. The number of aliphatic hydroxyl groups excluding tert-OH is 1. The van der Waals surface area contributed by atoms with E-state index < -0.39 is 0 Å². The molecule has 2 rings (SSSR count). The van der Waals surface area contributed by atoms with E-state index in [9.17, 15) is 9.18 Å². The molecule has 4 heteroatoms. The quantitative estimate of drug-likeness (QED) is 0.802. The molecule has 0 spiro atoms. The number of nitrogens with zero attached hydrogens (tertiary/aromatic N) is 1. The van der Waals surface area contributed by atoms with Crippen LogP contribution >= 0.6 is 0 Å². The number of aliphatic hydroxyl groups is 1. The lowest BCUT2D eigenvalue weighted by Crippen LogP contribution is -2.50. The molecule has 0 radical (unpaired) electrons. The topological polar surface area (TPSA) is 40.5 Å². The van der Waals surface area contributed by atoms with Gasteiger partial charge in [0.1, 0.15) is 5.82 Å². The van der Waals surface area contributed by atoms with Crippen molar-refractivity contribution in [2.75, 3.05) is 19.7 Å². The Hall–Kier alpha value is -1.68. The zero-order valence-electron chi connectivity index (χ0n) is 9.34. The predicted octanol–water partition coefficient (Wildman–Crippen LogP) is 1.29. The molecular formula is C13H14FNO2. The lowest BCUT2D eigenvalue weighted by molar-refractivity contribution is -0.132. The van der Waals surface area contributed by atoms with Gasteiger partial charge in [-0.1, -0.05) is 12.1 Å². The summed E-state index contributed by atoms with van der Waals surface area (Å²) in [6.45, 7) is 1.32. The average Bonchev–Trinajstić information content (AvgIpc) is 2.25. The second kappa shape index (κ2) is 5.10. The summed E-state index contributed by atoms with van der Waals surface area (Å²) in [6, 6.07) is 6.07. The van der Waals surface area contributed by atoms with Crippen molar-refractivity contribution in [2.24, 2.45) is 5.92 Å². The Bertz CT molecular complexity index is 439. The first-order valence-electron chi connectivity index (χ1n) is 5.52. The van der Waals surface area contributed by atoms with E-state index in [1.165, 1.54) is 18.2 Å². The molecule has 1 heterocycles. The van der Waals surface area contributed by atoms with E-state index >= 15 is 0 Å². The van der Waals surface area contributed by atoms with Crippen LogP contribution in [0.5, 0.6) is 0 Å². The van der Waals surface area contributed by atoms with Crippen LogP contribution in [0.1, 0.15) is 5.56 Å². The Balaban J connectivity index is 1.91. The van der Waals surface area contributed by atoms with E-state index in [1.807, 2.05) is 0 Å². The molecule has 1 aliphatic rings. The van der Waals surface area contributed by atoms with E-state index in [0.29, 0.717) is 18.7 Å². The van der Waals surface area contributed by atoms with E-state index in [2.05, 4.69) is 0 Å². The summed E-state index contributed by atoms with van der Waals surface area (Å²) in [5.74, 6) is -0.204. The van der Waals surface area contributed by atoms with Gasteiger partial charge in [0, 0.05) is 31.7 Å². The zero-order chi connectivity index (χ0) is 12.3. The van der Waals surface area contributed by atoms with Gasteiger partial charge in [0.05, 0.1) is 0 Å². The van der Waals surface area contributed by atoms with Crippen LogP contribution in [0.15, 0.2) is 30.3 Å². The molecule has 1 amide bonds.